The van der Waals surface area contributed by atoms with Gasteiger partial charge in [0.15, 0.2) is 6.23 Å². The topological polar surface area (TPSA) is 56.1 Å². The summed E-state index contributed by atoms with van der Waals surface area (Å²) in [5.41, 5.74) is 6.92. The van der Waals surface area contributed by atoms with E-state index in [2.05, 4.69) is 47.7 Å². The number of benzene rings is 2. The van der Waals surface area contributed by atoms with Gasteiger partial charge in [0.05, 0.1) is 5.69 Å². The van der Waals surface area contributed by atoms with Crippen LogP contribution in [0, 0.1) is 20.8 Å². The predicted octanol–water partition coefficient (Wildman–Crippen LogP) is 5.15. The summed E-state index contributed by atoms with van der Waals surface area (Å²) in [6.45, 7) is 7.42. The van der Waals surface area contributed by atoms with Gasteiger partial charge in [0.25, 0.3) is 5.56 Å². The van der Waals surface area contributed by atoms with Crippen LogP contribution in [0.15, 0.2) is 53.3 Å². The number of hydrogen-bond donors (Lipinski definition) is 1. The van der Waals surface area contributed by atoms with E-state index in [1.807, 2.05) is 32.0 Å². The predicted molar refractivity (Wildman–Crippen MR) is 121 cm³/mol. The maximum Gasteiger partial charge on any atom is 0.272 e. The summed E-state index contributed by atoms with van der Waals surface area (Å²) in [5.74, 6) is 0. The molecule has 30 heavy (non-hydrogen) atoms. The second-order valence-corrected chi connectivity index (χ2v) is 8.03. The smallest absolute Gasteiger partial charge is 0.272 e. The summed E-state index contributed by atoms with van der Waals surface area (Å²) < 4.78 is 7.34. The molecule has 1 aliphatic heterocycles. The van der Waals surface area contributed by atoms with Gasteiger partial charge in [0, 0.05) is 30.0 Å². The van der Waals surface area contributed by atoms with Gasteiger partial charge in [0.2, 0.25) is 0 Å². The van der Waals surface area contributed by atoms with Crippen LogP contribution in [0.1, 0.15) is 47.9 Å². The summed E-state index contributed by atoms with van der Waals surface area (Å²) in [6, 6.07) is 16.6. The van der Waals surface area contributed by atoms with Crippen LogP contribution in [0.2, 0.25) is 0 Å². The molecule has 0 saturated carbocycles. The SMILES string of the molecule is Cc1cc(NCc2ccccc2)ccc1-c1c(C)nn(C2CCCCO2)c(=O)c1C. The Hall–Kier alpha value is -2.92. The largest absolute Gasteiger partial charge is 0.381 e. The van der Waals surface area contributed by atoms with E-state index in [1.54, 1.807) is 4.68 Å². The highest BCUT2D eigenvalue weighted by Gasteiger charge is 2.22. The van der Waals surface area contributed by atoms with Gasteiger partial charge in [-0.1, -0.05) is 36.4 Å². The monoisotopic (exact) mass is 403 g/mol. The molecule has 1 atom stereocenters. The first-order valence-electron chi connectivity index (χ1n) is 10.6. The first-order chi connectivity index (χ1) is 14.5. The highest BCUT2D eigenvalue weighted by Crippen LogP contribution is 2.30. The van der Waals surface area contributed by atoms with E-state index in [-0.39, 0.29) is 11.8 Å². The van der Waals surface area contributed by atoms with E-state index in [1.165, 1.54) is 5.56 Å². The molecule has 5 heteroatoms. The van der Waals surface area contributed by atoms with Crippen molar-refractivity contribution < 1.29 is 4.74 Å². The Bertz CT molecular complexity index is 1080. The summed E-state index contributed by atoms with van der Waals surface area (Å²) >= 11 is 0. The number of nitrogens with one attached hydrogen (secondary N) is 1. The van der Waals surface area contributed by atoms with Crippen LogP contribution in [-0.4, -0.2) is 16.4 Å². The van der Waals surface area contributed by atoms with Crippen molar-refractivity contribution in [2.45, 2.75) is 52.8 Å². The Morgan fingerprint density at radius 2 is 1.90 bits per heavy atom. The lowest BCUT2D eigenvalue weighted by molar-refractivity contribution is -0.0428. The minimum absolute atomic E-state index is 0.0619. The fourth-order valence-electron chi connectivity index (χ4n) is 4.17. The zero-order valence-electron chi connectivity index (χ0n) is 17.9. The van der Waals surface area contributed by atoms with Gasteiger partial charge in [-0.15, -0.1) is 0 Å². The minimum Gasteiger partial charge on any atom is -0.381 e. The molecule has 1 saturated heterocycles. The van der Waals surface area contributed by atoms with Crippen LogP contribution >= 0.6 is 0 Å². The number of anilines is 1. The summed E-state index contributed by atoms with van der Waals surface area (Å²) in [5, 5.41) is 8.11. The van der Waals surface area contributed by atoms with Gasteiger partial charge in [-0.2, -0.15) is 5.10 Å². The Labute approximate surface area is 177 Å². The summed E-state index contributed by atoms with van der Waals surface area (Å²) in [6.07, 6.45) is 2.70. The average molecular weight is 404 g/mol. The lowest BCUT2D eigenvalue weighted by atomic mass is 9.96. The van der Waals surface area contributed by atoms with E-state index in [0.29, 0.717) is 6.61 Å². The fourth-order valence-corrected chi connectivity index (χ4v) is 4.17. The number of hydrogen-bond acceptors (Lipinski definition) is 4. The molecule has 0 aliphatic carbocycles. The van der Waals surface area contributed by atoms with Crippen LogP contribution < -0.4 is 10.9 Å². The maximum atomic E-state index is 13.1. The van der Waals surface area contributed by atoms with Crippen molar-refractivity contribution in [2.24, 2.45) is 0 Å². The van der Waals surface area contributed by atoms with E-state index >= 15 is 0 Å². The first kappa shape index (κ1) is 20.4. The highest BCUT2D eigenvalue weighted by molar-refractivity contribution is 5.74. The van der Waals surface area contributed by atoms with Crippen molar-refractivity contribution in [2.75, 3.05) is 11.9 Å². The molecule has 156 valence electrons. The molecule has 5 nitrogen and oxygen atoms in total. The van der Waals surface area contributed by atoms with E-state index < -0.39 is 0 Å². The number of aromatic nitrogens is 2. The van der Waals surface area contributed by atoms with Crippen molar-refractivity contribution in [1.29, 1.82) is 0 Å². The molecule has 0 bridgehead atoms. The van der Waals surface area contributed by atoms with Gasteiger partial charge < -0.3 is 10.1 Å². The number of aryl methyl sites for hydroxylation is 2. The number of nitrogens with zero attached hydrogens (tertiary/aromatic N) is 2. The van der Waals surface area contributed by atoms with Crippen molar-refractivity contribution >= 4 is 5.69 Å². The van der Waals surface area contributed by atoms with Gasteiger partial charge >= 0.3 is 0 Å². The molecule has 1 N–H and O–H groups in total. The Balaban J connectivity index is 1.62. The van der Waals surface area contributed by atoms with Gasteiger partial charge in [-0.25, -0.2) is 4.68 Å². The van der Waals surface area contributed by atoms with Gasteiger partial charge in [0.1, 0.15) is 0 Å². The maximum absolute atomic E-state index is 13.1. The summed E-state index contributed by atoms with van der Waals surface area (Å²) in [4.78, 5) is 13.1. The zero-order valence-corrected chi connectivity index (χ0v) is 17.9. The van der Waals surface area contributed by atoms with Crippen molar-refractivity contribution in [3.63, 3.8) is 0 Å². The van der Waals surface area contributed by atoms with Crippen molar-refractivity contribution in [3.8, 4) is 11.1 Å². The molecule has 4 rings (SSSR count). The van der Waals surface area contributed by atoms with Crippen LogP contribution in [-0.2, 0) is 11.3 Å². The molecule has 1 fully saturated rings. The quantitative estimate of drug-likeness (QED) is 0.640. The minimum atomic E-state index is -0.247. The standard InChI is InChI=1S/C25H29N3O2/c1-17-15-21(26-16-20-9-5-4-6-10-20)12-13-22(17)24-18(2)25(29)28(27-19(24)3)23-11-7-8-14-30-23/h4-6,9-10,12-13,15,23,26H,7-8,11,14,16H2,1-3H3. The molecule has 1 aromatic heterocycles. The normalized spacial score (nSPS) is 16.4. The molecule has 0 radical (unpaired) electrons. The molecule has 2 heterocycles. The zero-order chi connectivity index (χ0) is 21.1. The molecule has 2 aromatic carbocycles. The molecule has 3 aromatic rings. The second kappa shape index (κ2) is 8.84. The van der Waals surface area contributed by atoms with Crippen LogP contribution in [0.3, 0.4) is 0 Å². The molecule has 0 spiro atoms. The van der Waals surface area contributed by atoms with Crippen LogP contribution in [0.25, 0.3) is 11.1 Å². The third-order valence-electron chi connectivity index (χ3n) is 5.79. The Morgan fingerprint density at radius 3 is 2.60 bits per heavy atom. The van der Waals surface area contributed by atoms with Gasteiger partial charge in [-0.3, -0.25) is 4.79 Å². The number of ether oxygens (including phenoxy) is 1. The van der Waals surface area contributed by atoms with Crippen molar-refractivity contribution in [3.05, 3.63) is 81.3 Å². The Morgan fingerprint density at radius 1 is 1.10 bits per heavy atom. The molecule has 1 unspecified atom stereocenters. The van der Waals surface area contributed by atoms with Gasteiger partial charge in [-0.05, 0) is 68.9 Å². The summed E-state index contributed by atoms with van der Waals surface area (Å²) in [7, 11) is 0. The van der Waals surface area contributed by atoms with E-state index in [9.17, 15) is 4.79 Å². The van der Waals surface area contributed by atoms with E-state index in [4.69, 9.17) is 4.74 Å². The number of rotatable bonds is 5. The third kappa shape index (κ3) is 4.17. The molecular formula is C25H29N3O2. The lowest BCUT2D eigenvalue weighted by Gasteiger charge is -2.25. The molecule has 0 amide bonds. The van der Waals surface area contributed by atoms with Crippen molar-refractivity contribution in [1.82, 2.24) is 9.78 Å². The first-order valence-corrected chi connectivity index (χ1v) is 10.6. The molecular weight excluding hydrogens is 374 g/mol. The van der Waals surface area contributed by atoms with Crippen LogP contribution in [0.4, 0.5) is 5.69 Å². The lowest BCUT2D eigenvalue weighted by Crippen LogP contribution is -2.33. The fraction of sp³-hybridized carbons (Fsp3) is 0.360. The van der Waals surface area contributed by atoms with E-state index in [0.717, 1.165) is 59.4 Å². The average Bonchev–Trinajstić information content (AvgIpc) is 2.77. The Kier molecular flexibility index (Phi) is 6.00. The third-order valence-corrected chi connectivity index (χ3v) is 5.79. The highest BCUT2D eigenvalue weighted by atomic mass is 16.5. The second-order valence-electron chi connectivity index (χ2n) is 8.03. The van der Waals surface area contributed by atoms with Crippen LogP contribution in [0.5, 0.6) is 0 Å². The molecule has 1 aliphatic rings.